The lowest BCUT2D eigenvalue weighted by Gasteiger charge is -2.04. The molecule has 27 heavy (non-hydrogen) atoms. The van der Waals surface area contributed by atoms with Gasteiger partial charge in [0.2, 0.25) is 4.80 Å². The molecule has 0 bridgehead atoms. The molecule has 0 aliphatic carbocycles. The number of esters is 1. The summed E-state index contributed by atoms with van der Waals surface area (Å²) in [6.07, 6.45) is 0. The molecule has 7 nitrogen and oxygen atoms in total. The Morgan fingerprint density at radius 1 is 1.19 bits per heavy atom. The minimum absolute atomic E-state index is 0.0310. The first kappa shape index (κ1) is 19.1. The summed E-state index contributed by atoms with van der Waals surface area (Å²) in [7, 11) is -1.35. The Morgan fingerprint density at radius 2 is 1.89 bits per heavy atom. The van der Waals surface area contributed by atoms with Gasteiger partial charge in [-0.05, 0) is 42.5 Å². The van der Waals surface area contributed by atoms with Crippen molar-refractivity contribution in [1.29, 1.82) is 0 Å². The van der Waals surface area contributed by atoms with E-state index in [1.54, 1.807) is 0 Å². The minimum Gasteiger partial charge on any atom is -0.497 e. The van der Waals surface area contributed by atoms with Crippen molar-refractivity contribution in [2.24, 2.45) is 4.40 Å². The number of hydrogen-bond acceptors (Lipinski definition) is 6. The van der Waals surface area contributed by atoms with Crippen LogP contribution in [0.4, 0.5) is 4.39 Å². The van der Waals surface area contributed by atoms with Gasteiger partial charge in [0.05, 0.1) is 29.3 Å². The van der Waals surface area contributed by atoms with Gasteiger partial charge in [-0.1, -0.05) is 11.3 Å². The second-order valence-corrected chi connectivity index (χ2v) is 8.01. The van der Waals surface area contributed by atoms with Crippen LogP contribution in [0.1, 0.15) is 0 Å². The largest absolute Gasteiger partial charge is 0.497 e. The zero-order chi connectivity index (χ0) is 19.6. The minimum atomic E-state index is -4.05. The molecule has 3 aromatic rings. The summed E-state index contributed by atoms with van der Waals surface area (Å²) in [5, 5.41) is 0. The zero-order valence-electron chi connectivity index (χ0n) is 14.4. The third-order valence-electron chi connectivity index (χ3n) is 3.72. The maximum atomic E-state index is 13.5. The molecule has 3 rings (SSSR count). The fourth-order valence-electron chi connectivity index (χ4n) is 2.37. The highest BCUT2D eigenvalue weighted by Crippen LogP contribution is 2.21. The van der Waals surface area contributed by atoms with Crippen LogP contribution < -0.4 is 9.54 Å². The van der Waals surface area contributed by atoms with Gasteiger partial charge >= 0.3 is 5.97 Å². The van der Waals surface area contributed by atoms with E-state index < -0.39 is 21.8 Å². The van der Waals surface area contributed by atoms with Gasteiger partial charge in [-0.3, -0.25) is 4.79 Å². The molecular weight excluding hydrogens is 395 g/mol. The lowest BCUT2D eigenvalue weighted by molar-refractivity contribution is -0.141. The molecule has 0 aliphatic rings. The second-order valence-electron chi connectivity index (χ2n) is 5.40. The molecule has 2 aromatic carbocycles. The van der Waals surface area contributed by atoms with E-state index in [0.717, 1.165) is 11.3 Å². The summed E-state index contributed by atoms with van der Waals surface area (Å²) in [4.78, 5) is 11.7. The number of methoxy groups -OCH3 is 2. The molecule has 0 radical (unpaired) electrons. The maximum Gasteiger partial charge on any atom is 0.325 e. The maximum absolute atomic E-state index is 13.5. The highest BCUT2D eigenvalue weighted by Gasteiger charge is 2.17. The third-order valence-corrected chi connectivity index (χ3v) is 6.15. The summed E-state index contributed by atoms with van der Waals surface area (Å²) in [6.45, 7) is -0.251. The zero-order valence-corrected chi connectivity index (χ0v) is 16.0. The van der Waals surface area contributed by atoms with Crippen molar-refractivity contribution in [1.82, 2.24) is 4.57 Å². The first-order valence-electron chi connectivity index (χ1n) is 7.65. The number of halogens is 1. The molecule has 1 heterocycles. The van der Waals surface area contributed by atoms with Gasteiger partial charge in [0.1, 0.15) is 18.1 Å². The molecule has 10 heteroatoms. The van der Waals surface area contributed by atoms with Gasteiger partial charge in [0.25, 0.3) is 10.0 Å². The molecule has 0 amide bonds. The van der Waals surface area contributed by atoms with Crippen LogP contribution in [0.25, 0.3) is 10.2 Å². The third kappa shape index (κ3) is 4.01. The summed E-state index contributed by atoms with van der Waals surface area (Å²) >= 11 is 0.964. The molecule has 0 fully saturated rings. The SMILES string of the molecule is COC(=O)Cn1/c(=N/S(=O)(=O)c2ccc(OC)cc2)sc2cc(F)ccc21. The van der Waals surface area contributed by atoms with Crippen LogP contribution in [0.5, 0.6) is 5.75 Å². The fraction of sp³-hybridized carbons (Fsp3) is 0.176. The molecule has 142 valence electrons. The Bertz CT molecular complexity index is 1160. The van der Waals surface area contributed by atoms with E-state index >= 15 is 0 Å². The van der Waals surface area contributed by atoms with Crippen molar-refractivity contribution in [3.63, 3.8) is 0 Å². The number of aromatic nitrogens is 1. The standard InChI is InChI=1S/C17H15FN2O5S2/c1-24-12-4-6-13(7-5-12)27(22,23)19-17-20(10-16(21)25-2)14-8-3-11(18)9-15(14)26-17/h3-9H,10H2,1-2H3/b19-17-. The number of hydrogen-bond donors (Lipinski definition) is 0. The Kier molecular flexibility index (Phi) is 5.29. The molecular formula is C17H15FN2O5S2. The molecule has 0 saturated carbocycles. The van der Waals surface area contributed by atoms with E-state index in [4.69, 9.17) is 4.74 Å². The van der Waals surface area contributed by atoms with Gasteiger partial charge in [-0.2, -0.15) is 8.42 Å². The Hall–Kier alpha value is -2.72. The summed E-state index contributed by atoms with van der Waals surface area (Å²) < 4.78 is 54.2. The van der Waals surface area contributed by atoms with Gasteiger partial charge in [-0.25, -0.2) is 4.39 Å². The highest BCUT2D eigenvalue weighted by atomic mass is 32.2. The molecule has 0 saturated heterocycles. The number of sulfonamides is 1. The predicted molar refractivity (Wildman–Crippen MR) is 97.5 cm³/mol. The Morgan fingerprint density at radius 3 is 2.52 bits per heavy atom. The Labute approximate surface area is 158 Å². The number of rotatable bonds is 5. The molecule has 0 N–H and O–H groups in total. The van der Waals surface area contributed by atoms with E-state index in [1.807, 2.05) is 0 Å². The van der Waals surface area contributed by atoms with Crippen LogP contribution in [0.2, 0.25) is 0 Å². The van der Waals surface area contributed by atoms with Crippen LogP contribution in [0.3, 0.4) is 0 Å². The predicted octanol–water partition coefficient (Wildman–Crippen LogP) is 2.31. The number of ether oxygens (including phenoxy) is 2. The normalized spacial score (nSPS) is 12.3. The molecule has 0 aliphatic heterocycles. The van der Waals surface area contributed by atoms with Crippen molar-refractivity contribution >= 4 is 37.5 Å². The van der Waals surface area contributed by atoms with Gasteiger partial charge < -0.3 is 14.0 Å². The van der Waals surface area contributed by atoms with Gasteiger partial charge in [0, 0.05) is 0 Å². The van der Waals surface area contributed by atoms with E-state index in [9.17, 15) is 17.6 Å². The van der Waals surface area contributed by atoms with Gasteiger partial charge in [0.15, 0.2) is 0 Å². The first-order chi connectivity index (χ1) is 12.8. The number of benzene rings is 2. The number of thiazole rings is 1. The van der Waals surface area contributed by atoms with E-state index in [-0.39, 0.29) is 16.2 Å². The first-order valence-corrected chi connectivity index (χ1v) is 9.90. The number of carbonyl (C=O) groups is 1. The average molecular weight is 410 g/mol. The average Bonchev–Trinajstić information content (AvgIpc) is 2.97. The lowest BCUT2D eigenvalue weighted by Crippen LogP contribution is -2.22. The van der Waals surface area contributed by atoms with Crippen LogP contribution in [-0.2, 0) is 26.1 Å². The number of nitrogens with zero attached hydrogens (tertiary/aromatic N) is 2. The quantitative estimate of drug-likeness (QED) is 0.603. The van der Waals surface area contributed by atoms with E-state index in [1.165, 1.54) is 61.3 Å². The molecule has 0 spiro atoms. The second kappa shape index (κ2) is 7.49. The van der Waals surface area contributed by atoms with Crippen LogP contribution in [0, 0.1) is 5.82 Å². The van der Waals surface area contributed by atoms with E-state index in [0.29, 0.717) is 16.0 Å². The van der Waals surface area contributed by atoms with Crippen molar-refractivity contribution in [3.8, 4) is 5.75 Å². The van der Waals surface area contributed by atoms with Crippen molar-refractivity contribution < 1.29 is 27.1 Å². The summed E-state index contributed by atoms with van der Waals surface area (Å²) in [5.41, 5.74) is 0.482. The lowest BCUT2D eigenvalue weighted by atomic mass is 10.3. The topological polar surface area (TPSA) is 87.0 Å². The van der Waals surface area contributed by atoms with Crippen molar-refractivity contribution in [3.05, 3.63) is 53.1 Å². The number of carbonyl (C=O) groups excluding carboxylic acids is 1. The molecule has 0 atom stereocenters. The fourth-order valence-corrected chi connectivity index (χ4v) is 4.62. The van der Waals surface area contributed by atoms with Crippen LogP contribution in [-0.4, -0.2) is 33.2 Å². The van der Waals surface area contributed by atoms with Gasteiger partial charge in [-0.15, -0.1) is 4.40 Å². The summed E-state index contributed by atoms with van der Waals surface area (Å²) in [5.74, 6) is -0.548. The van der Waals surface area contributed by atoms with Crippen LogP contribution >= 0.6 is 11.3 Å². The Balaban J connectivity index is 2.18. The summed E-state index contributed by atoms with van der Waals surface area (Å²) in [6, 6.07) is 9.70. The monoisotopic (exact) mass is 410 g/mol. The number of fused-ring (bicyclic) bond motifs is 1. The van der Waals surface area contributed by atoms with E-state index in [2.05, 4.69) is 9.13 Å². The van der Waals surface area contributed by atoms with Crippen LogP contribution in [0.15, 0.2) is 51.8 Å². The molecule has 1 aromatic heterocycles. The molecule has 0 unspecified atom stereocenters. The van der Waals surface area contributed by atoms with Crippen molar-refractivity contribution in [2.75, 3.05) is 14.2 Å². The van der Waals surface area contributed by atoms with Crippen molar-refractivity contribution in [2.45, 2.75) is 11.4 Å². The highest BCUT2D eigenvalue weighted by molar-refractivity contribution is 7.90. The smallest absolute Gasteiger partial charge is 0.325 e.